The highest BCUT2D eigenvalue weighted by atomic mass is 16.3. The summed E-state index contributed by atoms with van der Waals surface area (Å²) in [6.07, 6.45) is -0.764. The van der Waals surface area contributed by atoms with Crippen LogP contribution in [0.15, 0.2) is 48.5 Å². The van der Waals surface area contributed by atoms with Gasteiger partial charge in [-0.2, -0.15) is 0 Å². The number of nitrogens with zero attached hydrogens (tertiary/aromatic N) is 2. The summed E-state index contributed by atoms with van der Waals surface area (Å²) in [5.74, 6) is -0.367. The standard InChI is InChI=1S/C21H24N2O3/c1-15-8-16(2)10-18(9-15)21(26)23-13-19(24)12-22(20(25)14-23)11-17-6-4-3-5-7-17/h3-10,19,24H,11-14H2,1-2H3. The molecule has 1 heterocycles. The van der Waals surface area contributed by atoms with Crippen molar-refractivity contribution in [2.45, 2.75) is 26.5 Å². The van der Waals surface area contributed by atoms with Gasteiger partial charge in [-0.05, 0) is 31.5 Å². The van der Waals surface area contributed by atoms with Crippen LogP contribution in [0, 0.1) is 13.8 Å². The van der Waals surface area contributed by atoms with Crippen LogP contribution in [0.4, 0.5) is 0 Å². The maximum Gasteiger partial charge on any atom is 0.254 e. The SMILES string of the molecule is Cc1cc(C)cc(C(=O)N2CC(=O)N(Cc3ccccc3)CC(O)C2)c1. The summed E-state index contributed by atoms with van der Waals surface area (Å²) in [6.45, 7) is 4.67. The number of aryl methyl sites for hydroxylation is 2. The lowest BCUT2D eigenvalue weighted by Crippen LogP contribution is -2.39. The molecule has 2 aromatic carbocycles. The molecule has 26 heavy (non-hydrogen) atoms. The highest BCUT2D eigenvalue weighted by molar-refractivity contribution is 5.97. The minimum Gasteiger partial charge on any atom is -0.389 e. The van der Waals surface area contributed by atoms with Crippen LogP contribution in [0.5, 0.6) is 0 Å². The molecule has 1 fully saturated rings. The molecule has 0 radical (unpaired) electrons. The number of β-amino-alcohol motifs (C(OH)–C–C–N with tert-alkyl or cyclic N) is 1. The number of rotatable bonds is 3. The van der Waals surface area contributed by atoms with E-state index in [1.165, 1.54) is 4.90 Å². The lowest BCUT2D eigenvalue weighted by atomic mass is 10.1. The molecular weight excluding hydrogens is 328 g/mol. The summed E-state index contributed by atoms with van der Waals surface area (Å²) in [5, 5.41) is 10.3. The number of aliphatic hydroxyl groups is 1. The van der Waals surface area contributed by atoms with Crippen molar-refractivity contribution in [3.05, 3.63) is 70.8 Å². The van der Waals surface area contributed by atoms with E-state index in [1.807, 2.05) is 62.4 Å². The molecule has 0 aromatic heterocycles. The van der Waals surface area contributed by atoms with Gasteiger partial charge in [0.15, 0.2) is 0 Å². The zero-order valence-electron chi connectivity index (χ0n) is 15.2. The Balaban J connectivity index is 1.76. The Morgan fingerprint density at radius 2 is 1.73 bits per heavy atom. The average molecular weight is 352 g/mol. The molecule has 1 unspecified atom stereocenters. The topological polar surface area (TPSA) is 60.9 Å². The monoisotopic (exact) mass is 352 g/mol. The van der Waals surface area contributed by atoms with E-state index in [4.69, 9.17) is 0 Å². The van der Waals surface area contributed by atoms with Crippen molar-refractivity contribution >= 4 is 11.8 Å². The Morgan fingerprint density at radius 1 is 1.08 bits per heavy atom. The van der Waals surface area contributed by atoms with Crippen molar-refractivity contribution < 1.29 is 14.7 Å². The van der Waals surface area contributed by atoms with Gasteiger partial charge in [0.25, 0.3) is 5.91 Å². The molecule has 0 aliphatic carbocycles. The molecule has 1 atom stereocenters. The Bertz CT molecular complexity index is 784. The van der Waals surface area contributed by atoms with Gasteiger partial charge in [0.2, 0.25) is 5.91 Å². The van der Waals surface area contributed by atoms with E-state index in [1.54, 1.807) is 4.90 Å². The zero-order chi connectivity index (χ0) is 18.7. The minimum atomic E-state index is -0.764. The van der Waals surface area contributed by atoms with Crippen molar-refractivity contribution in [3.63, 3.8) is 0 Å². The van der Waals surface area contributed by atoms with Gasteiger partial charge >= 0.3 is 0 Å². The molecule has 1 N–H and O–H groups in total. The summed E-state index contributed by atoms with van der Waals surface area (Å²) in [6, 6.07) is 15.3. The van der Waals surface area contributed by atoms with E-state index < -0.39 is 6.10 Å². The quantitative estimate of drug-likeness (QED) is 0.921. The third kappa shape index (κ3) is 4.29. The fourth-order valence-electron chi connectivity index (χ4n) is 3.39. The predicted octanol–water partition coefficient (Wildman–Crippen LogP) is 2.15. The van der Waals surface area contributed by atoms with Crippen molar-refractivity contribution in [2.75, 3.05) is 19.6 Å². The third-order valence-corrected chi connectivity index (χ3v) is 4.51. The number of carbonyl (C=O) groups excluding carboxylic acids is 2. The molecule has 1 aliphatic rings. The summed E-state index contributed by atoms with van der Waals surface area (Å²) in [4.78, 5) is 28.6. The molecule has 1 saturated heterocycles. The van der Waals surface area contributed by atoms with Crippen molar-refractivity contribution in [3.8, 4) is 0 Å². The van der Waals surface area contributed by atoms with Crippen LogP contribution in [0.25, 0.3) is 0 Å². The molecule has 1 aliphatic heterocycles. The normalized spacial score (nSPS) is 18.0. The first-order valence-corrected chi connectivity index (χ1v) is 8.79. The zero-order valence-corrected chi connectivity index (χ0v) is 15.2. The van der Waals surface area contributed by atoms with Crippen molar-refractivity contribution in [1.29, 1.82) is 0 Å². The molecule has 0 saturated carbocycles. The largest absolute Gasteiger partial charge is 0.389 e. The van der Waals surface area contributed by atoms with E-state index in [2.05, 4.69) is 0 Å². The molecule has 5 heteroatoms. The second kappa shape index (κ2) is 7.70. The van der Waals surface area contributed by atoms with Crippen LogP contribution in [-0.4, -0.2) is 52.5 Å². The van der Waals surface area contributed by atoms with Crippen LogP contribution in [-0.2, 0) is 11.3 Å². The first kappa shape index (κ1) is 18.1. The maximum absolute atomic E-state index is 12.9. The lowest BCUT2D eigenvalue weighted by molar-refractivity contribution is -0.131. The third-order valence-electron chi connectivity index (χ3n) is 4.51. The first-order chi connectivity index (χ1) is 12.4. The number of aliphatic hydroxyl groups excluding tert-OH is 1. The predicted molar refractivity (Wildman–Crippen MR) is 99.7 cm³/mol. The van der Waals surface area contributed by atoms with E-state index >= 15 is 0 Å². The Morgan fingerprint density at radius 3 is 2.38 bits per heavy atom. The number of carbonyl (C=O) groups is 2. The Kier molecular flexibility index (Phi) is 5.38. The summed E-state index contributed by atoms with van der Waals surface area (Å²) < 4.78 is 0. The van der Waals surface area contributed by atoms with E-state index in [0.29, 0.717) is 12.1 Å². The Hall–Kier alpha value is -2.66. The molecule has 3 rings (SSSR count). The van der Waals surface area contributed by atoms with E-state index in [-0.39, 0.29) is 31.4 Å². The van der Waals surface area contributed by atoms with E-state index in [0.717, 1.165) is 16.7 Å². The molecule has 2 aromatic rings. The summed E-state index contributed by atoms with van der Waals surface area (Å²) in [5.41, 5.74) is 3.56. The second-order valence-electron chi connectivity index (χ2n) is 6.98. The molecule has 5 nitrogen and oxygen atoms in total. The minimum absolute atomic E-state index is 0.0181. The number of amides is 2. The number of benzene rings is 2. The molecule has 2 amide bonds. The van der Waals surface area contributed by atoms with Gasteiger partial charge in [-0.25, -0.2) is 0 Å². The van der Waals surface area contributed by atoms with Gasteiger partial charge in [-0.15, -0.1) is 0 Å². The van der Waals surface area contributed by atoms with Gasteiger partial charge in [0.05, 0.1) is 6.10 Å². The van der Waals surface area contributed by atoms with Crippen LogP contribution in [0.1, 0.15) is 27.0 Å². The van der Waals surface area contributed by atoms with Gasteiger partial charge in [0, 0.05) is 25.2 Å². The smallest absolute Gasteiger partial charge is 0.254 e. The van der Waals surface area contributed by atoms with Crippen LogP contribution in [0.3, 0.4) is 0 Å². The van der Waals surface area contributed by atoms with Gasteiger partial charge in [-0.3, -0.25) is 9.59 Å². The Labute approximate surface area is 153 Å². The molecule has 136 valence electrons. The first-order valence-electron chi connectivity index (χ1n) is 8.79. The summed E-state index contributed by atoms with van der Waals surface area (Å²) in [7, 11) is 0. The number of hydrogen-bond donors (Lipinski definition) is 1. The summed E-state index contributed by atoms with van der Waals surface area (Å²) >= 11 is 0. The van der Waals surface area contributed by atoms with Crippen molar-refractivity contribution in [2.24, 2.45) is 0 Å². The van der Waals surface area contributed by atoms with E-state index in [9.17, 15) is 14.7 Å². The van der Waals surface area contributed by atoms with Gasteiger partial charge in [-0.1, -0.05) is 47.5 Å². The van der Waals surface area contributed by atoms with Gasteiger partial charge < -0.3 is 14.9 Å². The maximum atomic E-state index is 12.9. The highest BCUT2D eigenvalue weighted by Crippen LogP contribution is 2.15. The molecule has 0 spiro atoms. The molecular formula is C21H24N2O3. The molecule has 0 bridgehead atoms. The highest BCUT2D eigenvalue weighted by Gasteiger charge is 2.30. The average Bonchev–Trinajstić information content (AvgIpc) is 2.73. The van der Waals surface area contributed by atoms with Crippen molar-refractivity contribution in [1.82, 2.24) is 9.80 Å². The fraction of sp³-hybridized carbons (Fsp3) is 0.333. The van der Waals surface area contributed by atoms with Crippen LogP contribution in [0.2, 0.25) is 0 Å². The van der Waals surface area contributed by atoms with Crippen LogP contribution >= 0.6 is 0 Å². The van der Waals surface area contributed by atoms with Crippen LogP contribution < -0.4 is 0 Å². The van der Waals surface area contributed by atoms with Gasteiger partial charge in [0.1, 0.15) is 6.54 Å². The fourth-order valence-corrected chi connectivity index (χ4v) is 3.39. The number of hydrogen-bond acceptors (Lipinski definition) is 3. The second-order valence-corrected chi connectivity index (χ2v) is 6.98. The lowest BCUT2D eigenvalue weighted by Gasteiger charge is -2.22.